The van der Waals surface area contributed by atoms with Gasteiger partial charge in [0.15, 0.2) is 0 Å². The van der Waals surface area contributed by atoms with Crippen molar-refractivity contribution in [3.8, 4) is 39.9 Å². The van der Waals surface area contributed by atoms with Crippen molar-refractivity contribution in [2.75, 3.05) is 27.3 Å². The Labute approximate surface area is 288 Å². The second kappa shape index (κ2) is 15.7. The summed E-state index contributed by atoms with van der Waals surface area (Å²) in [5.74, 6) is 0.0893. The van der Waals surface area contributed by atoms with Gasteiger partial charge in [-0.2, -0.15) is 18.2 Å². The van der Waals surface area contributed by atoms with Crippen LogP contribution in [0.2, 0.25) is 5.02 Å². The number of halogens is 4. The first kappa shape index (κ1) is 36.3. The normalized spacial score (nSPS) is 15.5. The van der Waals surface area contributed by atoms with E-state index in [1.54, 1.807) is 27.2 Å². The maximum absolute atomic E-state index is 14.3. The van der Waals surface area contributed by atoms with E-state index in [4.69, 9.17) is 25.8 Å². The number of hydrogen-bond acceptors (Lipinski definition) is 9. The van der Waals surface area contributed by atoms with E-state index in [1.807, 2.05) is 42.5 Å². The van der Waals surface area contributed by atoms with Crippen molar-refractivity contribution < 1.29 is 37.6 Å². The minimum Gasteiger partial charge on any atom is -0.496 e. The highest BCUT2D eigenvalue weighted by Crippen LogP contribution is 2.45. The lowest BCUT2D eigenvalue weighted by atomic mass is 9.95. The molecule has 0 saturated heterocycles. The maximum atomic E-state index is 14.3. The number of rotatable bonds is 14. The molecule has 2 aromatic heterocycles. The Morgan fingerprint density at radius 2 is 1.63 bits per heavy atom. The van der Waals surface area contributed by atoms with Gasteiger partial charge in [0.1, 0.15) is 17.4 Å². The summed E-state index contributed by atoms with van der Waals surface area (Å²) in [7, 11) is 2.92. The van der Waals surface area contributed by atoms with E-state index < -0.39 is 35.9 Å². The first-order valence-corrected chi connectivity index (χ1v) is 16.3. The molecule has 0 unspecified atom stereocenters. The van der Waals surface area contributed by atoms with Crippen LogP contribution in [0.1, 0.15) is 54.2 Å². The molecule has 4 N–H and O–H groups in total. The molecule has 2 aromatic carbocycles. The van der Waals surface area contributed by atoms with Gasteiger partial charge in [0.25, 0.3) is 0 Å². The number of ether oxygens (including phenoxy) is 3. The third-order valence-electron chi connectivity index (χ3n) is 8.25. The largest absolute Gasteiger partial charge is 0.496 e. The summed E-state index contributed by atoms with van der Waals surface area (Å²) in [6.45, 7) is 4.44. The maximum Gasteiger partial charge on any atom is 0.421 e. The van der Waals surface area contributed by atoms with Crippen LogP contribution in [0, 0.1) is 0 Å². The molecule has 0 aliphatic heterocycles. The monoisotopic (exact) mass is 700 g/mol. The molecule has 0 spiro atoms. The lowest BCUT2D eigenvalue weighted by Gasteiger charge is -2.21. The second-order valence-corrected chi connectivity index (χ2v) is 12.4. The predicted molar refractivity (Wildman–Crippen MR) is 181 cm³/mol. The van der Waals surface area contributed by atoms with Crippen LogP contribution in [0.5, 0.6) is 17.5 Å². The smallest absolute Gasteiger partial charge is 0.421 e. The lowest BCUT2D eigenvalue weighted by molar-refractivity contribution is -0.139. The van der Waals surface area contributed by atoms with Gasteiger partial charge in [-0.15, -0.1) is 0 Å². The Morgan fingerprint density at radius 3 is 2.29 bits per heavy atom. The zero-order valence-corrected chi connectivity index (χ0v) is 28.5. The number of fused-ring (bicyclic) bond motifs is 1. The second-order valence-electron chi connectivity index (χ2n) is 12.0. The summed E-state index contributed by atoms with van der Waals surface area (Å²) in [6.07, 6.45) is -3.91. The van der Waals surface area contributed by atoms with Gasteiger partial charge in [-0.25, -0.2) is 0 Å². The molecular formula is C36H40ClF3N4O5. The molecule has 5 rings (SSSR count). The van der Waals surface area contributed by atoms with Crippen molar-refractivity contribution in [2.24, 2.45) is 0 Å². The van der Waals surface area contributed by atoms with Crippen molar-refractivity contribution in [3.63, 3.8) is 0 Å². The summed E-state index contributed by atoms with van der Waals surface area (Å²) in [5, 5.41) is 25.6. The number of aromatic nitrogens is 2. The molecule has 49 heavy (non-hydrogen) atoms. The summed E-state index contributed by atoms with van der Waals surface area (Å²) >= 11 is 7.03. The number of alkyl halides is 3. The Hall–Kier alpha value is -3.94. The molecule has 0 fully saturated rings. The number of nitrogens with zero attached hydrogens (tertiary/aromatic N) is 2. The van der Waals surface area contributed by atoms with Gasteiger partial charge < -0.3 is 35.1 Å². The fraction of sp³-hybridized carbons (Fsp3) is 0.389. The van der Waals surface area contributed by atoms with E-state index >= 15 is 0 Å². The molecule has 262 valence electrons. The average Bonchev–Trinajstić information content (AvgIpc) is 3.47. The molecule has 4 aromatic rings. The van der Waals surface area contributed by atoms with Crippen LogP contribution in [0.15, 0.2) is 54.7 Å². The Morgan fingerprint density at radius 1 is 0.918 bits per heavy atom. The van der Waals surface area contributed by atoms with Crippen LogP contribution in [0.4, 0.5) is 13.2 Å². The standard InChI is InChI=1S/C36H40ClF3N4O5/c1-20(45)16-41-18-23-9-8-22(15-31(23)47-3)33-32(37)28(12-13-43-33)25-6-5-7-27-26(25)10-11-30(27)49-35-29(36(38,39)40)14-24(34(44-35)48-4)19-42-17-21(2)46/h5-9,12-15,20-21,30,41-42,45-46H,10-11,16-19H2,1-4H3/t20-,21+,30-/m1/s1. The average molecular weight is 701 g/mol. The van der Waals surface area contributed by atoms with Gasteiger partial charge in [-0.3, -0.25) is 4.98 Å². The van der Waals surface area contributed by atoms with E-state index in [-0.39, 0.29) is 24.5 Å². The first-order chi connectivity index (χ1) is 23.4. The Kier molecular flexibility index (Phi) is 11.7. The summed E-state index contributed by atoms with van der Waals surface area (Å²) < 4.78 is 59.9. The van der Waals surface area contributed by atoms with Crippen LogP contribution < -0.4 is 24.8 Å². The molecule has 1 aliphatic carbocycles. The minimum atomic E-state index is -4.73. The zero-order valence-electron chi connectivity index (χ0n) is 27.7. The molecule has 9 nitrogen and oxygen atoms in total. The highest BCUT2D eigenvalue weighted by atomic mass is 35.5. The van der Waals surface area contributed by atoms with E-state index in [0.29, 0.717) is 42.4 Å². The molecule has 0 amide bonds. The van der Waals surface area contributed by atoms with Crippen molar-refractivity contribution in [1.29, 1.82) is 0 Å². The van der Waals surface area contributed by atoms with E-state index in [2.05, 4.69) is 20.6 Å². The highest BCUT2D eigenvalue weighted by molar-refractivity contribution is 6.35. The van der Waals surface area contributed by atoms with Gasteiger partial charge >= 0.3 is 6.18 Å². The number of aliphatic hydroxyl groups is 2. The highest BCUT2D eigenvalue weighted by Gasteiger charge is 2.38. The molecule has 0 saturated carbocycles. The van der Waals surface area contributed by atoms with Crippen molar-refractivity contribution in [1.82, 2.24) is 20.6 Å². The zero-order chi connectivity index (χ0) is 35.3. The number of hydrogen-bond donors (Lipinski definition) is 4. The Bertz CT molecular complexity index is 1770. The van der Waals surface area contributed by atoms with Crippen LogP contribution in [0.25, 0.3) is 22.4 Å². The molecule has 0 radical (unpaired) electrons. The van der Waals surface area contributed by atoms with Crippen molar-refractivity contribution in [3.05, 3.63) is 87.6 Å². The lowest BCUT2D eigenvalue weighted by Crippen LogP contribution is -2.24. The molecule has 13 heteroatoms. The molecule has 1 aliphatic rings. The van der Waals surface area contributed by atoms with Gasteiger partial charge in [-0.1, -0.05) is 41.9 Å². The molecular weight excluding hydrogens is 661 g/mol. The summed E-state index contributed by atoms with van der Waals surface area (Å²) in [5.41, 5.74) is 4.64. The van der Waals surface area contributed by atoms with E-state index in [1.165, 1.54) is 7.11 Å². The van der Waals surface area contributed by atoms with E-state index in [0.717, 1.165) is 39.4 Å². The first-order valence-electron chi connectivity index (χ1n) is 15.9. The third-order valence-corrected chi connectivity index (χ3v) is 8.63. The SMILES string of the molecule is COc1cc(-c2nccc(-c3cccc4c3CC[C@H]4Oc3nc(OC)c(CNC[C@H](C)O)cc3C(F)(F)F)c2Cl)ccc1CNC[C@@H](C)O. The van der Waals surface area contributed by atoms with Crippen LogP contribution in [0.3, 0.4) is 0 Å². The van der Waals surface area contributed by atoms with Crippen molar-refractivity contribution >= 4 is 11.6 Å². The topological polar surface area (TPSA) is 118 Å². The van der Waals surface area contributed by atoms with Gasteiger partial charge in [0, 0.05) is 54.6 Å². The molecule has 2 heterocycles. The quantitative estimate of drug-likeness (QED) is 0.117. The van der Waals surface area contributed by atoms with Gasteiger partial charge in [-0.05, 0) is 61.6 Å². The van der Waals surface area contributed by atoms with Crippen molar-refractivity contribution in [2.45, 2.75) is 64.3 Å². The fourth-order valence-electron chi connectivity index (χ4n) is 5.97. The number of methoxy groups -OCH3 is 2. The van der Waals surface area contributed by atoms with Gasteiger partial charge in [0.2, 0.25) is 11.8 Å². The fourth-order valence-corrected chi connectivity index (χ4v) is 6.29. The van der Waals surface area contributed by atoms with E-state index in [9.17, 15) is 23.4 Å². The molecule has 3 atom stereocenters. The Balaban J connectivity index is 1.45. The van der Waals surface area contributed by atoms with Crippen LogP contribution >= 0.6 is 11.6 Å². The van der Waals surface area contributed by atoms with Crippen LogP contribution in [-0.4, -0.2) is 59.7 Å². The van der Waals surface area contributed by atoms with Gasteiger partial charge in [0.05, 0.1) is 37.1 Å². The number of benzene rings is 2. The molecule has 0 bridgehead atoms. The van der Waals surface area contributed by atoms with Crippen LogP contribution in [-0.2, 0) is 25.7 Å². The number of nitrogens with one attached hydrogen (secondary N) is 2. The predicted octanol–water partition coefficient (Wildman–Crippen LogP) is 6.51. The number of aliphatic hydroxyl groups excluding tert-OH is 2. The summed E-state index contributed by atoms with van der Waals surface area (Å²) in [4.78, 5) is 8.72. The summed E-state index contributed by atoms with van der Waals surface area (Å²) in [6, 6.07) is 14.1. The number of pyridine rings is 2. The minimum absolute atomic E-state index is 0.00449. The third kappa shape index (κ3) is 8.45.